The number of hydrogen-bond donors (Lipinski definition) is 1. The highest BCUT2D eigenvalue weighted by molar-refractivity contribution is 5.94. The molecule has 1 rings (SSSR count). The van der Waals surface area contributed by atoms with Crippen molar-refractivity contribution < 1.29 is 9.90 Å². The normalized spacial score (nSPS) is 12.8. The van der Waals surface area contributed by atoms with Crippen LogP contribution in [0, 0.1) is 12.8 Å². The van der Waals surface area contributed by atoms with Crippen LogP contribution in [0.15, 0.2) is 0 Å². The maximum absolute atomic E-state index is 11.3. The number of rotatable bonds is 5. The molecular weight excluding hydrogens is 230 g/mol. The molecule has 0 aliphatic heterocycles. The van der Waals surface area contributed by atoms with Crippen LogP contribution in [0.1, 0.15) is 43.2 Å². The lowest BCUT2D eigenvalue weighted by Crippen LogP contribution is -2.32. The van der Waals surface area contributed by atoms with Crippen molar-refractivity contribution in [2.75, 3.05) is 11.9 Å². The van der Waals surface area contributed by atoms with Crippen molar-refractivity contribution in [1.82, 2.24) is 9.78 Å². The Bertz CT molecular complexity index is 438. The first-order chi connectivity index (χ1) is 8.25. The van der Waals surface area contributed by atoms with Crippen molar-refractivity contribution in [3.05, 3.63) is 11.3 Å². The van der Waals surface area contributed by atoms with Crippen molar-refractivity contribution in [3.8, 4) is 0 Å². The SMILES string of the molecule is Cc1nn(C)c(N(C)C(C)CC(C)C)c1C(=O)O. The Morgan fingerprint density at radius 1 is 1.44 bits per heavy atom. The van der Waals surface area contributed by atoms with E-state index in [4.69, 9.17) is 0 Å². The van der Waals surface area contributed by atoms with E-state index < -0.39 is 5.97 Å². The number of carboxylic acids is 1. The van der Waals surface area contributed by atoms with E-state index in [0.717, 1.165) is 6.42 Å². The number of anilines is 1. The molecule has 0 aliphatic carbocycles. The number of carbonyl (C=O) groups is 1. The topological polar surface area (TPSA) is 58.4 Å². The maximum atomic E-state index is 11.3. The zero-order valence-corrected chi connectivity index (χ0v) is 12.1. The number of aromatic nitrogens is 2. The highest BCUT2D eigenvalue weighted by Gasteiger charge is 2.25. The van der Waals surface area contributed by atoms with Crippen LogP contribution in [-0.4, -0.2) is 33.9 Å². The predicted octanol–water partition coefficient (Wildman–Crippen LogP) is 2.30. The molecule has 0 fully saturated rings. The van der Waals surface area contributed by atoms with Gasteiger partial charge in [-0.2, -0.15) is 5.10 Å². The Balaban J connectivity index is 3.12. The van der Waals surface area contributed by atoms with Gasteiger partial charge in [-0.1, -0.05) is 13.8 Å². The standard InChI is InChI=1S/C13H23N3O2/c1-8(2)7-9(3)15(5)12-11(13(17)18)10(4)14-16(12)6/h8-9H,7H2,1-6H3,(H,17,18). The number of aryl methyl sites for hydroxylation is 2. The third-order valence-electron chi connectivity index (χ3n) is 3.21. The monoisotopic (exact) mass is 253 g/mol. The summed E-state index contributed by atoms with van der Waals surface area (Å²) >= 11 is 0. The first-order valence-corrected chi connectivity index (χ1v) is 6.25. The minimum absolute atomic E-state index is 0.276. The van der Waals surface area contributed by atoms with Crippen LogP contribution >= 0.6 is 0 Å². The fourth-order valence-electron chi connectivity index (χ4n) is 2.35. The molecule has 1 unspecified atom stereocenters. The highest BCUT2D eigenvalue weighted by Crippen LogP contribution is 2.25. The van der Waals surface area contributed by atoms with Crippen LogP contribution in [0.25, 0.3) is 0 Å². The summed E-state index contributed by atoms with van der Waals surface area (Å²) in [5.41, 5.74) is 0.860. The van der Waals surface area contributed by atoms with E-state index in [0.29, 0.717) is 23.0 Å². The molecule has 18 heavy (non-hydrogen) atoms. The molecule has 0 bridgehead atoms. The maximum Gasteiger partial charge on any atom is 0.341 e. The van der Waals surface area contributed by atoms with E-state index in [1.807, 2.05) is 11.9 Å². The van der Waals surface area contributed by atoms with Crippen LogP contribution in [0.5, 0.6) is 0 Å². The van der Waals surface area contributed by atoms with E-state index >= 15 is 0 Å². The van der Waals surface area contributed by atoms with Crippen molar-refractivity contribution in [3.63, 3.8) is 0 Å². The second kappa shape index (κ2) is 5.42. The Morgan fingerprint density at radius 2 is 2.00 bits per heavy atom. The first kappa shape index (κ1) is 14.5. The molecule has 0 aliphatic rings. The number of aromatic carboxylic acids is 1. The third kappa shape index (κ3) is 2.83. The summed E-state index contributed by atoms with van der Waals surface area (Å²) < 4.78 is 1.65. The lowest BCUT2D eigenvalue weighted by atomic mass is 10.0. The molecule has 0 aromatic carbocycles. The van der Waals surface area contributed by atoms with E-state index in [1.54, 1.807) is 18.7 Å². The van der Waals surface area contributed by atoms with Crippen LogP contribution in [0.2, 0.25) is 0 Å². The Labute approximate surface area is 108 Å². The van der Waals surface area contributed by atoms with Gasteiger partial charge in [0, 0.05) is 20.1 Å². The van der Waals surface area contributed by atoms with Gasteiger partial charge in [-0.15, -0.1) is 0 Å². The van der Waals surface area contributed by atoms with Gasteiger partial charge >= 0.3 is 5.97 Å². The Kier molecular flexibility index (Phi) is 4.38. The lowest BCUT2D eigenvalue weighted by Gasteiger charge is -2.28. The molecular formula is C13H23N3O2. The summed E-state index contributed by atoms with van der Waals surface area (Å²) in [7, 11) is 3.71. The van der Waals surface area contributed by atoms with Crippen LogP contribution in [-0.2, 0) is 7.05 Å². The van der Waals surface area contributed by atoms with E-state index in [1.165, 1.54) is 0 Å². The fourth-order valence-corrected chi connectivity index (χ4v) is 2.35. The zero-order chi connectivity index (χ0) is 14.0. The van der Waals surface area contributed by atoms with Crippen LogP contribution < -0.4 is 4.90 Å². The molecule has 1 atom stereocenters. The van der Waals surface area contributed by atoms with Gasteiger partial charge < -0.3 is 10.0 Å². The van der Waals surface area contributed by atoms with E-state index in [-0.39, 0.29) is 6.04 Å². The van der Waals surface area contributed by atoms with Gasteiger partial charge in [0.25, 0.3) is 0 Å². The second-order valence-electron chi connectivity index (χ2n) is 5.30. The van der Waals surface area contributed by atoms with Crippen molar-refractivity contribution in [2.45, 2.75) is 40.2 Å². The summed E-state index contributed by atoms with van der Waals surface area (Å²) in [6.07, 6.45) is 1.01. The molecule has 0 radical (unpaired) electrons. The molecule has 1 heterocycles. The Hall–Kier alpha value is -1.52. The third-order valence-corrected chi connectivity index (χ3v) is 3.21. The second-order valence-corrected chi connectivity index (χ2v) is 5.30. The molecule has 5 heteroatoms. The van der Waals surface area contributed by atoms with Crippen LogP contribution in [0.3, 0.4) is 0 Å². The number of hydrogen-bond acceptors (Lipinski definition) is 3. The van der Waals surface area contributed by atoms with Gasteiger partial charge in [0.15, 0.2) is 0 Å². The van der Waals surface area contributed by atoms with Crippen LogP contribution in [0.4, 0.5) is 5.82 Å². The minimum atomic E-state index is -0.917. The van der Waals surface area contributed by atoms with Gasteiger partial charge in [0.1, 0.15) is 11.4 Å². The molecule has 1 aromatic rings. The molecule has 0 amide bonds. The molecule has 0 saturated heterocycles. The average molecular weight is 253 g/mol. The van der Waals surface area contributed by atoms with Gasteiger partial charge in [0.2, 0.25) is 0 Å². The number of nitrogens with zero attached hydrogens (tertiary/aromatic N) is 3. The van der Waals surface area contributed by atoms with Gasteiger partial charge in [-0.3, -0.25) is 4.68 Å². The summed E-state index contributed by atoms with van der Waals surface area (Å²) in [5, 5.41) is 13.5. The largest absolute Gasteiger partial charge is 0.477 e. The van der Waals surface area contributed by atoms with Gasteiger partial charge in [-0.25, -0.2) is 4.79 Å². The van der Waals surface area contributed by atoms with Crippen molar-refractivity contribution >= 4 is 11.8 Å². The van der Waals surface area contributed by atoms with E-state index in [2.05, 4.69) is 25.9 Å². The summed E-state index contributed by atoms with van der Waals surface area (Å²) in [5.74, 6) is 0.331. The first-order valence-electron chi connectivity index (χ1n) is 6.25. The molecule has 102 valence electrons. The quantitative estimate of drug-likeness (QED) is 0.874. The summed E-state index contributed by atoms with van der Waals surface area (Å²) in [4.78, 5) is 13.3. The zero-order valence-electron chi connectivity index (χ0n) is 12.1. The lowest BCUT2D eigenvalue weighted by molar-refractivity contribution is 0.0696. The average Bonchev–Trinajstić information content (AvgIpc) is 2.51. The Morgan fingerprint density at radius 3 is 2.44 bits per heavy atom. The molecule has 1 aromatic heterocycles. The fraction of sp³-hybridized carbons (Fsp3) is 0.692. The van der Waals surface area contributed by atoms with E-state index in [9.17, 15) is 9.90 Å². The molecule has 1 N–H and O–H groups in total. The highest BCUT2D eigenvalue weighted by atomic mass is 16.4. The smallest absolute Gasteiger partial charge is 0.341 e. The van der Waals surface area contributed by atoms with Gasteiger partial charge in [-0.05, 0) is 26.2 Å². The van der Waals surface area contributed by atoms with Crippen molar-refractivity contribution in [1.29, 1.82) is 0 Å². The molecule has 5 nitrogen and oxygen atoms in total. The summed E-state index contributed by atoms with van der Waals surface area (Å²) in [6, 6.07) is 0.276. The summed E-state index contributed by atoms with van der Waals surface area (Å²) in [6.45, 7) is 8.16. The number of carboxylic acid groups (broad SMARTS) is 1. The molecule has 0 saturated carbocycles. The molecule has 0 spiro atoms. The van der Waals surface area contributed by atoms with Crippen molar-refractivity contribution in [2.24, 2.45) is 13.0 Å². The predicted molar refractivity (Wildman–Crippen MR) is 72.2 cm³/mol. The van der Waals surface area contributed by atoms with Gasteiger partial charge in [0.05, 0.1) is 5.69 Å². The minimum Gasteiger partial charge on any atom is -0.477 e.